The Morgan fingerprint density at radius 3 is 2.00 bits per heavy atom. The topological polar surface area (TPSA) is 35.5 Å². The van der Waals surface area contributed by atoms with Crippen molar-refractivity contribution < 1.29 is 14.3 Å². The van der Waals surface area contributed by atoms with Gasteiger partial charge in [0.2, 0.25) is 0 Å². The van der Waals surface area contributed by atoms with Crippen LogP contribution in [-0.2, 0) is 0 Å². The van der Waals surface area contributed by atoms with E-state index in [9.17, 15) is 4.79 Å². The molecule has 0 N–H and O–H groups in total. The first-order valence-electron chi connectivity index (χ1n) is 7.62. The van der Waals surface area contributed by atoms with Crippen molar-refractivity contribution in [1.29, 1.82) is 0 Å². The number of rotatable bonds is 7. The van der Waals surface area contributed by atoms with Crippen LogP contribution in [-0.4, -0.2) is 19.0 Å². The van der Waals surface area contributed by atoms with Crippen LogP contribution in [0, 0.1) is 6.92 Å². The SMILES string of the molecule is CC(=O)c1ccc(C)c(OCCCOc2c(Cl)c(Cl)c(Cl)c(Cl)c2Cl)c1. The molecule has 0 aliphatic rings. The Bertz CT molecular complexity index is 807. The molecular weight excluding hydrogens is 441 g/mol. The molecule has 140 valence electrons. The Kier molecular flexibility index (Phi) is 7.75. The third-order valence-electron chi connectivity index (χ3n) is 3.56. The first-order chi connectivity index (χ1) is 12.2. The molecule has 0 amide bonds. The summed E-state index contributed by atoms with van der Waals surface area (Å²) in [6, 6.07) is 5.34. The van der Waals surface area contributed by atoms with Gasteiger partial charge in [-0.25, -0.2) is 0 Å². The molecule has 0 unspecified atom stereocenters. The second-order valence-electron chi connectivity index (χ2n) is 5.49. The minimum atomic E-state index is -0.0148. The molecule has 8 heteroatoms. The fourth-order valence-electron chi connectivity index (χ4n) is 2.10. The highest BCUT2D eigenvalue weighted by atomic mass is 35.5. The van der Waals surface area contributed by atoms with E-state index >= 15 is 0 Å². The van der Waals surface area contributed by atoms with Gasteiger partial charge in [-0.1, -0.05) is 70.1 Å². The fraction of sp³-hybridized carbons (Fsp3) is 0.278. The van der Waals surface area contributed by atoms with Crippen molar-refractivity contribution >= 4 is 63.8 Å². The molecule has 0 spiro atoms. The molecule has 2 aromatic rings. The number of halogens is 5. The molecule has 0 aliphatic carbocycles. The summed E-state index contributed by atoms with van der Waals surface area (Å²) in [5.41, 5.74) is 1.55. The van der Waals surface area contributed by atoms with Gasteiger partial charge in [-0.15, -0.1) is 0 Å². The summed E-state index contributed by atoms with van der Waals surface area (Å²) in [7, 11) is 0. The van der Waals surface area contributed by atoms with Crippen molar-refractivity contribution in [2.24, 2.45) is 0 Å². The highest BCUT2D eigenvalue weighted by Gasteiger charge is 2.20. The van der Waals surface area contributed by atoms with E-state index in [4.69, 9.17) is 67.5 Å². The van der Waals surface area contributed by atoms with Crippen molar-refractivity contribution in [3.8, 4) is 11.5 Å². The van der Waals surface area contributed by atoms with E-state index in [1.807, 2.05) is 13.0 Å². The molecule has 26 heavy (non-hydrogen) atoms. The second-order valence-corrected chi connectivity index (χ2v) is 7.38. The van der Waals surface area contributed by atoms with Crippen molar-refractivity contribution in [2.45, 2.75) is 20.3 Å². The van der Waals surface area contributed by atoms with E-state index in [0.717, 1.165) is 5.56 Å². The van der Waals surface area contributed by atoms with Crippen LogP contribution in [0.4, 0.5) is 0 Å². The van der Waals surface area contributed by atoms with Gasteiger partial charge >= 0.3 is 0 Å². The Labute approximate surface area is 177 Å². The average molecular weight is 457 g/mol. The molecule has 0 atom stereocenters. The van der Waals surface area contributed by atoms with Gasteiger partial charge in [0.25, 0.3) is 0 Å². The number of benzene rings is 2. The minimum Gasteiger partial charge on any atom is -0.493 e. The number of hydrogen-bond acceptors (Lipinski definition) is 3. The lowest BCUT2D eigenvalue weighted by Gasteiger charge is -2.14. The smallest absolute Gasteiger partial charge is 0.159 e. The van der Waals surface area contributed by atoms with Gasteiger partial charge in [0.15, 0.2) is 11.5 Å². The number of hydrogen-bond donors (Lipinski definition) is 0. The van der Waals surface area contributed by atoms with Crippen molar-refractivity contribution in [1.82, 2.24) is 0 Å². The zero-order valence-corrected chi connectivity index (χ0v) is 17.7. The Hall–Kier alpha value is -0.840. The van der Waals surface area contributed by atoms with Crippen LogP contribution in [0.2, 0.25) is 25.1 Å². The van der Waals surface area contributed by atoms with Crippen LogP contribution < -0.4 is 9.47 Å². The van der Waals surface area contributed by atoms with Crippen LogP contribution in [0.25, 0.3) is 0 Å². The highest BCUT2D eigenvalue weighted by molar-refractivity contribution is 6.55. The average Bonchev–Trinajstić information content (AvgIpc) is 2.61. The lowest BCUT2D eigenvalue weighted by atomic mass is 10.1. The van der Waals surface area contributed by atoms with Gasteiger partial charge in [0.05, 0.1) is 28.3 Å². The highest BCUT2D eigenvalue weighted by Crippen LogP contribution is 2.48. The summed E-state index contributed by atoms with van der Waals surface area (Å²) < 4.78 is 11.3. The molecule has 0 radical (unpaired) electrons. The maximum absolute atomic E-state index is 11.5. The largest absolute Gasteiger partial charge is 0.493 e. The van der Waals surface area contributed by atoms with E-state index in [2.05, 4.69) is 0 Å². The summed E-state index contributed by atoms with van der Waals surface area (Å²) in [6.07, 6.45) is 0.550. The molecule has 3 nitrogen and oxygen atoms in total. The maximum Gasteiger partial charge on any atom is 0.159 e. The number of carbonyl (C=O) groups is 1. The molecule has 2 rings (SSSR count). The van der Waals surface area contributed by atoms with E-state index in [1.54, 1.807) is 12.1 Å². The predicted octanol–water partition coefficient (Wildman–Crippen LogP) is 7.31. The summed E-state index contributed by atoms with van der Waals surface area (Å²) in [6.45, 7) is 4.08. The monoisotopic (exact) mass is 454 g/mol. The van der Waals surface area contributed by atoms with E-state index in [-0.39, 0.29) is 43.3 Å². The number of carbonyl (C=O) groups excluding carboxylic acids is 1. The van der Waals surface area contributed by atoms with E-state index in [0.29, 0.717) is 24.3 Å². The molecule has 0 aliphatic heterocycles. The summed E-state index contributed by atoms with van der Waals surface area (Å²) in [4.78, 5) is 11.5. The van der Waals surface area contributed by atoms with Gasteiger partial charge < -0.3 is 9.47 Å². The zero-order valence-electron chi connectivity index (χ0n) is 14.0. The molecule has 0 aromatic heterocycles. The van der Waals surface area contributed by atoms with Crippen LogP contribution in [0.3, 0.4) is 0 Å². The lowest BCUT2D eigenvalue weighted by Crippen LogP contribution is -2.07. The molecule has 0 bridgehead atoms. The Morgan fingerprint density at radius 1 is 0.885 bits per heavy atom. The van der Waals surface area contributed by atoms with Gasteiger partial charge in [-0.3, -0.25) is 4.79 Å². The molecular formula is C18H15Cl5O3. The van der Waals surface area contributed by atoms with Crippen LogP contribution >= 0.6 is 58.0 Å². The quantitative estimate of drug-likeness (QED) is 0.190. The van der Waals surface area contributed by atoms with Gasteiger partial charge in [0.1, 0.15) is 15.8 Å². The molecule has 0 fully saturated rings. The molecule has 0 heterocycles. The molecule has 2 aromatic carbocycles. The minimum absolute atomic E-state index is 0.0148. The molecule has 0 saturated carbocycles. The molecule has 0 saturated heterocycles. The zero-order chi connectivity index (χ0) is 19.4. The number of ketones is 1. The van der Waals surface area contributed by atoms with Crippen LogP contribution in [0.15, 0.2) is 18.2 Å². The van der Waals surface area contributed by atoms with Crippen molar-refractivity contribution in [3.63, 3.8) is 0 Å². The predicted molar refractivity (Wildman–Crippen MR) is 108 cm³/mol. The van der Waals surface area contributed by atoms with Gasteiger partial charge in [0, 0.05) is 12.0 Å². The van der Waals surface area contributed by atoms with Gasteiger partial charge in [-0.05, 0) is 25.5 Å². The number of aryl methyl sites for hydroxylation is 1. The third-order valence-corrected chi connectivity index (χ3v) is 5.80. The van der Waals surface area contributed by atoms with Crippen molar-refractivity contribution in [2.75, 3.05) is 13.2 Å². The number of Topliss-reactive ketones (excluding diaryl/α,β-unsaturated/α-hetero) is 1. The second kappa shape index (κ2) is 9.38. The first-order valence-corrected chi connectivity index (χ1v) is 9.51. The third kappa shape index (κ3) is 4.90. The summed E-state index contributed by atoms with van der Waals surface area (Å²) in [5.74, 6) is 0.827. The van der Waals surface area contributed by atoms with Gasteiger partial charge in [-0.2, -0.15) is 0 Å². The lowest BCUT2D eigenvalue weighted by molar-refractivity contribution is 0.101. The standard InChI is InChI=1S/C18H15Cl5O3/c1-9-4-5-11(10(2)24)8-12(9)25-6-3-7-26-18-16(22)14(20)13(19)15(21)17(18)23/h4-5,8H,3,6-7H2,1-2H3. The summed E-state index contributed by atoms with van der Waals surface area (Å²) in [5, 5.41) is 0.477. The van der Waals surface area contributed by atoms with E-state index in [1.165, 1.54) is 6.92 Å². The van der Waals surface area contributed by atoms with Crippen LogP contribution in [0.1, 0.15) is 29.3 Å². The fourth-order valence-corrected chi connectivity index (χ4v) is 3.33. The Balaban J connectivity index is 1.95. The maximum atomic E-state index is 11.5. The Morgan fingerprint density at radius 2 is 1.42 bits per heavy atom. The number of ether oxygens (including phenoxy) is 2. The first kappa shape index (κ1) is 21.5. The normalized spacial score (nSPS) is 10.7. The van der Waals surface area contributed by atoms with Crippen LogP contribution in [0.5, 0.6) is 11.5 Å². The van der Waals surface area contributed by atoms with Crippen molar-refractivity contribution in [3.05, 3.63) is 54.4 Å². The summed E-state index contributed by atoms with van der Waals surface area (Å²) >= 11 is 30.1. The van der Waals surface area contributed by atoms with E-state index < -0.39 is 0 Å².